The quantitative estimate of drug-likeness (QED) is 0.640. The van der Waals surface area contributed by atoms with Crippen molar-refractivity contribution in [2.45, 2.75) is 45.6 Å². The number of phenols is 1. The van der Waals surface area contributed by atoms with Crippen LogP contribution in [0, 0.1) is 0 Å². The number of nitrogens with one attached hydrogen (secondary N) is 1. The Labute approximate surface area is 118 Å². The molecule has 0 heterocycles. The second-order valence-corrected chi connectivity index (χ2v) is 5.53. The number of unbranched alkanes of at least 4 members (excludes halogenated alkanes) is 1. The first-order valence-corrected chi connectivity index (χ1v) is 6.57. The summed E-state index contributed by atoms with van der Waals surface area (Å²) >= 11 is 0. The highest BCUT2D eigenvalue weighted by molar-refractivity contribution is 5.85. The molecule has 0 spiro atoms. The first-order valence-electron chi connectivity index (χ1n) is 6.57. The van der Waals surface area contributed by atoms with Crippen molar-refractivity contribution < 1.29 is 19.4 Å². The van der Waals surface area contributed by atoms with Crippen LogP contribution in [0.5, 0.6) is 5.75 Å². The number of aryl methyl sites for hydroxylation is 1. The normalized spacial score (nSPS) is 10.9. The lowest BCUT2D eigenvalue weighted by Crippen LogP contribution is -2.27. The van der Waals surface area contributed by atoms with Crippen LogP contribution in [0.15, 0.2) is 18.2 Å². The lowest BCUT2D eigenvalue weighted by atomic mass is 10.1. The average Bonchev–Trinajstić information content (AvgIpc) is 2.29. The zero-order valence-electron chi connectivity index (χ0n) is 12.1. The van der Waals surface area contributed by atoms with Gasteiger partial charge in [-0.2, -0.15) is 0 Å². The van der Waals surface area contributed by atoms with Gasteiger partial charge in [-0.1, -0.05) is 6.07 Å². The first-order chi connectivity index (χ1) is 9.31. The predicted molar refractivity (Wildman–Crippen MR) is 77.0 cm³/mol. The van der Waals surface area contributed by atoms with Gasteiger partial charge in [0.25, 0.3) is 0 Å². The van der Waals surface area contributed by atoms with Crippen LogP contribution in [0.3, 0.4) is 0 Å². The van der Waals surface area contributed by atoms with Crippen LogP contribution >= 0.6 is 0 Å². The van der Waals surface area contributed by atoms with Gasteiger partial charge in [0.05, 0.1) is 0 Å². The number of anilines is 1. The Morgan fingerprint density at radius 3 is 2.65 bits per heavy atom. The summed E-state index contributed by atoms with van der Waals surface area (Å²) in [6.45, 7) is 5.33. The summed E-state index contributed by atoms with van der Waals surface area (Å²) in [5, 5.41) is 12.4. The lowest BCUT2D eigenvalue weighted by Gasteiger charge is -2.19. The molecule has 1 amide bonds. The number of hydrogen-bond donors (Lipinski definition) is 2. The highest BCUT2D eigenvalue weighted by Crippen LogP contribution is 2.24. The van der Waals surface area contributed by atoms with Crippen LogP contribution in [0.4, 0.5) is 10.5 Å². The topological polar surface area (TPSA) is 75.6 Å². The Hall–Kier alpha value is -2.04. The Balaban J connectivity index is 2.63. The molecule has 0 radical (unpaired) electrons. The van der Waals surface area contributed by atoms with Crippen molar-refractivity contribution in [1.82, 2.24) is 0 Å². The van der Waals surface area contributed by atoms with Crippen LogP contribution in [0.25, 0.3) is 0 Å². The first kappa shape index (κ1) is 16.0. The van der Waals surface area contributed by atoms with Gasteiger partial charge in [0.15, 0.2) is 0 Å². The van der Waals surface area contributed by atoms with Crippen LogP contribution in [-0.4, -0.2) is 23.1 Å². The van der Waals surface area contributed by atoms with E-state index in [4.69, 9.17) is 4.74 Å². The van der Waals surface area contributed by atoms with Crippen LogP contribution < -0.4 is 5.32 Å². The summed E-state index contributed by atoms with van der Waals surface area (Å²) in [5.74, 6) is 0.101. The Morgan fingerprint density at radius 1 is 1.40 bits per heavy atom. The van der Waals surface area contributed by atoms with Crippen molar-refractivity contribution in [2.24, 2.45) is 0 Å². The third kappa shape index (κ3) is 5.73. The number of rotatable bonds is 5. The SMILES string of the molecule is CC(C)(C)OC(=O)Nc1ccc(CCCC=O)c(O)c1. The molecule has 110 valence electrons. The van der Waals surface area contributed by atoms with E-state index in [2.05, 4.69) is 5.32 Å². The Morgan fingerprint density at radius 2 is 2.10 bits per heavy atom. The third-order valence-corrected chi connectivity index (χ3v) is 2.50. The van der Waals surface area contributed by atoms with Crippen molar-refractivity contribution in [2.75, 3.05) is 5.32 Å². The molecule has 1 aromatic rings. The summed E-state index contributed by atoms with van der Waals surface area (Å²) < 4.78 is 5.12. The van der Waals surface area contributed by atoms with Crippen molar-refractivity contribution in [3.05, 3.63) is 23.8 Å². The minimum absolute atomic E-state index is 0.101. The van der Waals surface area contributed by atoms with Crippen molar-refractivity contribution >= 4 is 18.1 Å². The van der Waals surface area contributed by atoms with Gasteiger partial charge in [-0.15, -0.1) is 0 Å². The van der Waals surface area contributed by atoms with Crippen LogP contribution in [0.1, 0.15) is 39.2 Å². The van der Waals surface area contributed by atoms with Gasteiger partial charge < -0.3 is 14.6 Å². The number of benzene rings is 1. The van der Waals surface area contributed by atoms with Gasteiger partial charge in [-0.3, -0.25) is 5.32 Å². The van der Waals surface area contributed by atoms with Gasteiger partial charge in [-0.25, -0.2) is 4.79 Å². The molecule has 0 saturated heterocycles. The largest absolute Gasteiger partial charge is 0.508 e. The van der Waals surface area contributed by atoms with E-state index in [1.54, 1.807) is 32.9 Å². The maximum absolute atomic E-state index is 11.6. The summed E-state index contributed by atoms with van der Waals surface area (Å²) in [7, 11) is 0. The molecule has 0 atom stereocenters. The zero-order chi connectivity index (χ0) is 15.2. The number of hydrogen-bond acceptors (Lipinski definition) is 4. The number of amides is 1. The number of phenolic OH excluding ortho intramolecular Hbond substituents is 1. The molecule has 1 aromatic carbocycles. The molecule has 0 fully saturated rings. The highest BCUT2D eigenvalue weighted by atomic mass is 16.6. The highest BCUT2D eigenvalue weighted by Gasteiger charge is 2.16. The number of aromatic hydroxyl groups is 1. The third-order valence-electron chi connectivity index (χ3n) is 2.50. The molecule has 5 heteroatoms. The molecule has 0 aliphatic heterocycles. The molecule has 5 nitrogen and oxygen atoms in total. The number of carbonyl (C=O) groups is 2. The van der Waals surface area contributed by atoms with E-state index in [-0.39, 0.29) is 5.75 Å². The molecular weight excluding hydrogens is 258 g/mol. The van der Waals surface area contributed by atoms with Gasteiger partial charge in [0.1, 0.15) is 17.6 Å². The van der Waals surface area contributed by atoms with Gasteiger partial charge >= 0.3 is 6.09 Å². The molecule has 0 aliphatic carbocycles. The fraction of sp³-hybridized carbons (Fsp3) is 0.467. The minimum Gasteiger partial charge on any atom is -0.508 e. The fourth-order valence-electron chi connectivity index (χ4n) is 1.65. The summed E-state index contributed by atoms with van der Waals surface area (Å²) in [4.78, 5) is 21.8. The standard InChI is InChI=1S/C15H21NO4/c1-15(2,3)20-14(19)16-12-8-7-11(13(18)10-12)6-4-5-9-17/h7-10,18H,4-6H2,1-3H3,(H,16,19). The van der Waals surface area contributed by atoms with Crippen molar-refractivity contribution in [1.29, 1.82) is 0 Å². The monoisotopic (exact) mass is 279 g/mol. The van der Waals surface area contributed by atoms with E-state index in [1.165, 1.54) is 6.07 Å². The van der Waals surface area contributed by atoms with E-state index in [1.807, 2.05) is 0 Å². The van der Waals surface area contributed by atoms with Gasteiger partial charge in [0.2, 0.25) is 0 Å². The molecule has 0 unspecified atom stereocenters. The molecule has 20 heavy (non-hydrogen) atoms. The van der Waals surface area contributed by atoms with E-state index in [9.17, 15) is 14.7 Å². The Bertz CT molecular complexity index is 477. The second-order valence-electron chi connectivity index (χ2n) is 5.53. The van der Waals surface area contributed by atoms with E-state index in [0.29, 0.717) is 24.9 Å². The maximum Gasteiger partial charge on any atom is 0.412 e. The lowest BCUT2D eigenvalue weighted by molar-refractivity contribution is -0.107. The molecule has 0 aromatic heterocycles. The van der Waals surface area contributed by atoms with Crippen molar-refractivity contribution in [3.8, 4) is 5.75 Å². The smallest absolute Gasteiger partial charge is 0.412 e. The fourth-order valence-corrected chi connectivity index (χ4v) is 1.65. The van der Waals surface area contributed by atoms with Crippen LogP contribution in [0.2, 0.25) is 0 Å². The average molecular weight is 279 g/mol. The minimum atomic E-state index is -0.569. The molecule has 1 rings (SSSR count). The number of carbonyl (C=O) groups excluding carboxylic acids is 2. The zero-order valence-corrected chi connectivity index (χ0v) is 12.1. The summed E-state index contributed by atoms with van der Waals surface area (Å²) in [6, 6.07) is 4.90. The predicted octanol–water partition coefficient (Wildman–Crippen LogP) is 3.26. The molecule has 0 aliphatic rings. The van der Waals surface area contributed by atoms with Crippen LogP contribution in [-0.2, 0) is 16.0 Å². The van der Waals surface area contributed by atoms with Gasteiger partial charge in [0, 0.05) is 18.2 Å². The molecule has 0 bridgehead atoms. The number of ether oxygens (including phenoxy) is 1. The van der Waals surface area contributed by atoms with E-state index in [0.717, 1.165) is 11.8 Å². The second kappa shape index (κ2) is 6.93. The number of aldehydes is 1. The Kier molecular flexibility index (Phi) is 5.55. The van der Waals surface area contributed by atoms with Crippen molar-refractivity contribution in [3.63, 3.8) is 0 Å². The molecule has 2 N–H and O–H groups in total. The van der Waals surface area contributed by atoms with E-state index >= 15 is 0 Å². The molecule has 0 saturated carbocycles. The molecular formula is C15H21NO4. The summed E-state index contributed by atoms with van der Waals surface area (Å²) in [6.07, 6.45) is 2.07. The van der Waals surface area contributed by atoms with E-state index < -0.39 is 11.7 Å². The summed E-state index contributed by atoms with van der Waals surface area (Å²) in [5.41, 5.74) is 0.651. The van der Waals surface area contributed by atoms with Gasteiger partial charge in [-0.05, 0) is 45.2 Å². The maximum atomic E-state index is 11.6.